The van der Waals surface area contributed by atoms with Gasteiger partial charge >= 0.3 is 0 Å². The van der Waals surface area contributed by atoms with Crippen LogP contribution in [0.1, 0.15) is 22.3 Å². The van der Waals surface area contributed by atoms with Gasteiger partial charge in [0.2, 0.25) is 0 Å². The summed E-state index contributed by atoms with van der Waals surface area (Å²) in [6.07, 6.45) is 7.92. The number of amides is 1. The molecule has 3 aromatic heterocycles. The van der Waals surface area contributed by atoms with E-state index in [9.17, 15) is 4.79 Å². The molecule has 1 amide bonds. The van der Waals surface area contributed by atoms with Gasteiger partial charge in [0.25, 0.3) is 5.91 Å². The van der Waals surface area contributed by atoms with E-state index in [2.05, 4.69) is 25.6 Å². The van der Waals surface area contributed by atoms with Crippen LogP contribution in [0.25, 0.3) is 11.0 Å². The van der Waals surface area contributed by atoms with Crippen molar-refractivity contribution in [3.8, 4) is 5.75 Å². The highest BCUT2D eigenvalue weighted by Gasteiger charge is 2.18. The minimum atomic E-state index is -0.172. The lowest BCUT2D eigenvalue weighted by Gasteiger charge is -2.15. The van der Waals surface area contributed by atoms with Crippen molar-refractivity contribution in [1.82, 2.24) is 25.6 Å². The lowest BCUT2D eigenvalue weighted by atomic mass is 10.2. The van der Waals surface area contributed by atoms with Crippen LogP contribution in [0.3, 0.4) is 0 Å². The highest BCUT2D eigenvalue weighted by molar-refractivity contribution is 5.96. The summed E-state index contributed by atoms with van der Waals surface area (Å²) >= 11 is 0. The maximum atomic E-state index is 12.4. The Labute approximate surface area is 144 Å². The highest BCUT2D eigenvalue weighted by atomic mass is 16.5. The average Bonchev–Trinajstić information content (AvgIpc) is 3.31. The molecule has 1 aliphatic heterocycles. The predicted molar refractivity (Wildman–Crippen MR) is 93.4 cm³/mol. The predicted octanol–water partition coefficient (Wildman–Crippen LogP) is 1.63. The zero-order valence-corrected chi connectivity index (χ0v) is 13.7. The summed E-state index contributed by atoms with van der Waals surface area (Å²) in [6.45, 7) is 2.17. The molecule has 0 bridgehead atoms. The minimum Gasteiger partial charge on any atom is -0.487 e. The van der Waals surface area contributed by atoms with Gasteiger partial charge in [0, 0.05) is 37.2 Å². The van der Waals surface area contributed by atoms with E-state index in [1.165, 1.54) is 0 Å². The second kappa shape index (κ2) is 6.90. The van der Waals surface area contributed by atoms with Crippen LogP contribution in [0.5, 0.6) is 5.75 Å². The molecule has 0 spiro atoms. The summed E-state index contributed by atoms with van der Waals surface area (Å²) in [4.78, 5) is 23.9. The summed E-state index contributed by atoms with van der Waals surface area (Å²) in [7, 11) is 0. The highest BCUT2D eigenvalue weighted by Crippen LogP contribution is 2.20. The van der Waals surface area contributed by atoms with E-state index in [0.29, 0.717) is 12.1 Å². The van der Waals surface area contributed by atoms with E-state index in [-0.39, 0.29) is 12.0 Å². The molecule has 25 heavy (non-hydrogen) atoms. The molecular formula is C18H19N5O2. The Bertz CT molecular complexity index is 886. The van der Waals surface area contributed by atoms with Gasteiger partial charge in [-0.3, -0.25) is 14.8 Å². The standard InChI is InChI=1S/C18H19N5O2/c24-18(13-7-16-15(22-9-13)3-6-21-16)23-8-12-1-4-20-11-17(12)25-14-2-5-19-10-14/h1,3-4,6-7,9,11,14,19,21H,2,5,8,10H2,(H,23,24)/t14-/m0/s1. The first-order chi connectivity index (χ1) is 12.3. The number of hydrogen-bond acceptors (Lipinski definition) is 5. The zero-order chi connectivity index (χ0) is 17.1. The number of nitrogens with zero attached hydrogens (tertiary/aromatic N) is 2. The number of pyridine rings is 2. The van der Waals surface area contributed by atoms with E-state index in [4.69, 9.17) is 4.74 Å². The molecule has 0 aromatic carbocycles. The van der Waals surface area contributed by atoms with Gasteiger partial charge in [0.05, 0.1) is 22.8 Å². The number of carbonyl (C=O) groups excluding carboxylic acids is 1. The first-order valence-corrected chi connectivity index (χ1v) is 8.31. The van der Waals surface area contributed by atoms with Crippen LogP contribution < -0.4 is 15.4 Å². The van der Waals surface area contributed by atoms with Gasteiger partial charge in [-0.05, 0) is 31.2 Å². The Morgan fingerprint density at radius 3 is 3.20 bits per heavy atom. The molecule has 0 aliphatic carbocycles. The fraction of sp³-hybridized carbons (Fsp3) is 0.278. The van der Waals surface area contributed by atoms with Crippen molar-refractivity contribution < 1.29 is 9.53 Å². The fourth-order valence-electron chi connectivity index (χ4n) is 2.91. The maximum Gasteiger partial charge on any atom is 0.253 e. The van der Waals surface area contributed by atoms with Crippen LogP contribution >= 0.6 is 0 Å². The third-order valence-electron chi connectivity index (χ3n) is 4.28. The lowest BCUT2D eigenvalue weighted by Crippen LogP contribution is -2.24. The lowest BCUT2D eigenvalue weighted by molar-refractivity contribution is 0.0950. The molecule has 1 atom stereocenters. The largest absolute Gasteiger partial charge is 0.487 e. The van der Waals surface area contributed by atoms with Crippen LogP contribution in [0.15, 0.2) is 43.0 Å². The summed E-state index contributed by atoms with van der Waals surface area (Å²) in [5.41, 5.74) is 3.11. The Hall–Kier alpha value is -2.93. The monoisotopic (exact) mass is 337 g/mol. The molecule has 1 aliphatic rings. The van der Waals surface area contributed by atoms with Crippen molar-refractivity contribution in [3.63, 3.8) is 0 Å². The number of fused-ring (bicyclic) bond motifs is 1. The van der Waals surface area contributed by atoms with Crippen molar-refractivity contribution in [2.45, 2.75) is 19.1 Å². The fourth-order valence-corrected chi connectivity index (χ4v) is 2.91. The number of H-pyrrole nitrogens is 1. The number of aromatic amines is 1. The van der Waals surface area contributed by atoms with Crippen LogP contribution in [0, 0.1) is 0 Å². The van der Waals surface area contributed by atoms with Crippen molar-refractivity contribution in [2.24, 2.45) is 0 Å². The third kappa shape index (κ3) is 3.46. The Balaban J connectivity index is 1.44. The molecule has 128 valence electrons. The van der Waals surface area contributed by atoms with Gasteiger partial charge in [-0.15, -0.1) is 0 Å². The molecule has 0 radical (unpaired) electrons. The van der Waals surface area contributed by atoms with Crippen molar-refractivity contribution in [3.05, 3.63) is 54.1 Å². The molecule has 1 saturated heterocycles. The van der Waals surface area contributed by atoms with E-state index in [0.717, 1.165) is 41.9 Å². The third-order valence-corrected chi connectivity index (χ3v) is 4.28. The van der Waals surface area contributed by atoms with Gasteiger partial charge in [0.15, 0.2) is 0 Å². The first kappa shape index (κ1) is 15.6. The smallest absolute Gasteiger partial charge is 0.253 e. The van der Waals surface area contributed by atoms with Gasteiger partial charge in [-0.1, -0.05) is 0 Å². The van der Waals surface area contributed by atoms with Crippen molar-refractivity contribution in [2.75, 3.05) is 13.1 Å². The van der Waals surface area contributed by atoms with E-state index in [1.807, 2.05) is 12.1 Å². The van der Waals surface area contributed by atoms with Crippen LogP contribution in [0.2, 0.25) is 0 Å². The van der Waals surface area contributed by atoms with Gasteiger partial charge in [0.1, 0.15) is 11.9 Å². The average molecular weight is 337 g/mol. The molecule has 7 heteroatoms. The first-order valence-electron chi connectivity index (χ1n) is 8.31. The van der Waals surface area contributed by atoms with Gasteiger partial charge in [-0.2, -0.15) is 0 Å². The SMILES string of the molecule is O=C(NCc1ccncc1O[C@H]1CCNC1)c1cnc2cc[nH]c2c1. The summed E-state index contributed by atoms with van der Waals surface area (Å²) < 4.78 is 6.00. The second-order valence-electron chi connectivity index (χ2n) is 6.03. The molecule has 0 unspecified atom stereocenters. The molecule has 0 saturated carbocycles. The Morgan fingerprint density at radius 1 is 1.36 bits per heavy atom. The normalized spacial score (nSPS) is 16.9. The number of ether oxygens (including phenoxy) is 1. The van der Waals surface area contributed by atoms with Gasteiger partial charge in [-0.25, -0.2) is 0 Å². The number of hydrogen-bond donors (Lipinski definition) is 3. The number of aromatic nitrogens is 3. The Morgan fingerprint density at radius 2 is 2.32 bits per heavy atom. The molecule has 3 N–H and O–H groups in total. The molecule has 3 aromatic rings. The topological polar surface area (TPSA) is 91.9 Å². The second-order valence-corrected chi connectivity index (χ2v) is 6.03. The van der Waals surface area contributed by atoms with E-state index < -0.39 is 0 Å². The number of rotatable bonds is 5. The number of nitrogens with one attached hydrogen (secondary N) is 3. The van der Waals surface area contributed by atoms with E-state index >= 15 is 0 Å². The minimum absolute atomic E-state index is 0.151. The Kier molecular flexibility index (Phi) is 4.30. The molecule has 4 heterocycles. The zero-order valence-electron chi connectivity index (χ0n) is 13.7. The van der Waals surface area contributed by atoms with E-state index in [1.54, 1.807) is 30.9 Å². The molecule has 7 nitrogen and oxygen atoms in total. The van der Waals surface area contributed by atoms with Crippen LogP contribution in [0.4, 0.5) is 0 Å². The maximum absolute atomic E-state index is 12.4. The van der Waals surface area contributed by atoms with Crippen LogP contribution in [-0.4, -0.2) is 40.1 Å². The molecule has 4 rings (SSSR count). The summed E-state index contributed by atoms with van der Waals surface area (Å²) in [6, 6.07) is 5.53. The van der Waals surface area contributed by atoms with Gasteiger partial charge < -0.3 is 20.4 Å². The van der Waals surface area contributed by atoms with Crippen molar-refractivity contribution in [1.29, 1.82) is 0 Å². The molecular weight excluding hydrogens is 318 g/mol. The number of carbonyl (C=O) groups is 1. The van der Waals surface area contributed by atoms with Crippen LogP contribution in [-0.2, 0) is 6.54 Å². The summed E-state index contributed by atoms with van der Waals surface area (Å²) in [5, 5.41) is 6.19. The van der Waals surface area contributed by atoms with Crippen molar-refractivity contribution >= 4 is 16.9 Å². The molecule has 1 fully saturated rings. The summed E-state index contributed by atoms with van der Waals surface area (Å²) in [5.74, 6) is 0.545. The quantitative estimate of drug-likeness (QED) is 0.658.